The maximum atomic E-state index is 15.2. The minimum atomic E-state index is -1.44. The lowest BCUT2D eigenvalue weighted by Crippen LogP contribution is -2.48. The molecule has 1 N–H and O–H groups in total. The summed E-state index contributed by atoms with van der Waals surface area (Å²) in [6.45, 7) is 6.15. The Morgan fingerprint density at radius 2 is 2.11 bits per heavy atom. The van der Waals surface area contributed by atoms with Crippen LogP contribution in [0.1, 0.15) is 33.6 Å². The zero-order valence-electron chi connectivity index (χ0n) is 15.4. The van der Waals surface area contributed by atoms with Gasteiger partial charge in [0.2, 0.25) is 0 Å². The van der Waals surface area contributed by atoms with Gasteiger partial charge < -0.3 is 15.0 Å². The van der Waals surface area contributed by atoms with Crippen molar-refractivity contribution < 1.29 is 13.9 Å². The number of amides is 1. The van der Waals surface area contributed by atoms with Crippen LogP contribution in [0, 0.1) is 0 Å². The Balaban J connectivity index is 1.62. The third-order valence-electron chi connectivity index (χ3n) is 4.30. The lowest BCUT2D eigenvalue weighted by Gasteiger charge is -2.37. The number of fused-ring (bicyclic) bond motifs is 1. The van der Waals surface area contributed by atoms with Gasteiger partial charge in [0.05, 0.1) is 17.2 Å². The van der Waals surface area contributed by atoms with Gasteiger partial charge in [-0.3, -0.25) is 0 Å². The van der Waals surface area contributed by atoms with Crippen LogP contribution in [0.4, 0.5) is 15.0 Å². The minimum absolute atomic E-state index is 0.0854. The van der Waals surface area contributed by atoms with Gasteiger partial charge in [0.15, 0.2) is 5.65 Å². The van der Waals surface area contributed by atoms with Crippen molar-refractivity contribution in [3.8, 4) is 0 Å². The van der Waals surface area contributed by atoms with Crippen LogP contribution in [0.15, 0.2) is 16.7 Å². The van der Waals surface area contributed by atoms with Gasteiger partial charge >= 0.3 is 6.09 Å². The summed E-state index contributed by atoms with van der Waals surface area (Å²) in [4.78, 5) is 17.9. The van der Waals surface area contributed by atoms with E-state index in [-0.39, 0.29) is 19.4 Å². The van der Waals surface area contributed by atoms with Crippen LogP contribution >= 0.6 is 27.5 Å². The third kappa shape index (κ3) is 4.82. The van der Waals surface area contributed by atoms with Crippen molar-refractivity contribution in [2.24, 2.45) is 0 Å². The van der Waals surface area contributed by atoms with Crippen LogP contribution < -0.4 is 5.32 Å². The van der Waals surface area contributed by atoms with Crippen molar-refractivity contribution in [2.75, 3.05) is 25.0 Å². The van der Waals surface area contributed by atoms with E-state index in [9.17, 15) is 4.79 Å². The van der Waals surface area contributed by atoms with Crippen molar-refractivity contribution in [3.05, 3.63) is 21.9 Å². The van der Waals surface area contributed by atoms with Gasteiger partial charge in [-0.25, -0.2) is 14.2 Å². The molecule has 2 aromatic rings. The summed E-state index contributed by atoms with van der Waals surface area (Å²) in [6.07, 6.45) is 1.66. The summed E-state index contributed by atoms with van der Waals surface area (Å²) < 4.78 is 22.8. The zero-order valence-corrected chi connectivity index (χ0v) is 17.8. The normalized spacial score (nSPS) is 17.2. The van der Waals surface area contributed by atoms with E-state index in [1.165, 1.54) is 0 Å². The van der Waals surface area contributed by atoms with E-state index >= 15 is 4.39 Å². The molecule has 0 bridgehead atoms. The van der Waals surface area contributed by atoms with Gasteiger partial charge in [-0.05, 0) is 36.7 Å². The fraction of sp³-hybridized carbons (Fsp3) is 0.588. The summed E-state index contributed by atoms with van der Waals surface area (Å²) in [7, 11) is 0. The number of halogens is 3. The first-order chi connectivity index (χ1) is 12.6. The molecule has 1 aliphatic heterocycles. The predicted molar refractivity (Wildman–Crippen MR) is 105 cm³/mol. The lowest BCUT2D eigenvalue weighted by atomic mass is 9.93. The number of carbonyl (C=O) groups excluding carboxylic acids is 1. The molecule has 3 rings (SSSR count). The second-order valence-electron chi connectivity index (χ2n) is 7.66. The largest absolute Gasteiger partial charge is 0.444 e. The monoisotopic (exact) mass is 461 g/mol. The highest BCUT2D eigenvalue weighted by Gasteiger charge is 2.37. The van der Waals surface area contributed by atoms with E-state index in [1.807, 2.05) is 20.8 Å². The maximum absolute atomic E-state index is 15.2. The fourth-order valence-electron chi connectivity index (χ4n) is 2.87. The molecule has 1 aliphatic rings. The van der Waals surface area contributed by atoms with E-state index in [0.29, 0.717) is 34.2 Å². The molecule has 0 aromatic carbocycles. The van der Waals surface area contributed by atoms with E-state index in [2.05, 4.69) is 31.3 Å². The second kappa shape index (κ2) is 7.43. The summed E-state index contributed by atoms with van der Waals surface area (Å²) >= 11 is 9.41. The molecule has 1 saturated heterocycles. The molecule has 0 unspecified atom stereocenters. The predicted octanol–water partition coefficient (Wildman–Crippen LogP) is 4.30. The van der Waals surface area contributed by atoms with E-state index < -0.39 is 17.4 Å². The number of ether oxygens (including phenoxy) is 1. The number of alkyl halides is 1. The fourth-order valence-corrected chi connectivity index (χ4v) is 3.41. The van der Waals surface area contributed by atoms with Crippen molar-refractivity contribution in [1.29, 1.82) is 0 Å². The molecule has 0 aliphatic carbocycles. The minimum Gasteiger partial charge on any atom is -0.444 e. The standard InChI is InChI=1S/C17H22BrClFN5O2/c1-16(2,3)27-15(26)24-6-4-17(20,5-7-24)10-21-13-8-12(19)23-14-11(18)9-22-25(13)14/h8-9,21H,4-7,10H2,1-3H3. The van der Waals surface area contributed by atoms with Crippen LogP contribution in [0.25, 0.3) is 5.65 Å². The molecule has 0 radical (unpaired) electrons. The summed E-state index contributed by atoms with van der Waals surface area (Å²) in [6, 6.07) is 1.60. The van der Waals surface area contributed by atoms with E-state index in [4.69, 9.17) is 16.3 Å². The van der Waals surface area contributed by atoms with Gasteiger partial charge in [0.25, 0.3) is 0 Å². The Labute approximate surface area is 170 Å². The molecule has 1 amide bonds. The summed E-state index contributed by atoms with van der Waals surface area (Å²) in [5.41, 5.74) is -1.45. The highest BCUT2D eigenvalue weighted by atomic mass is 79.9. The van der Waals surface area contributed by atoms with Crippen molar-refractivity contribution in [2.45, 2.75) is 44.9 Å². The molecule has 10 heteroatoms. The Morgan fingerprint density at radius 3 is 2.74 bits per heavy atom. The third-order valence-corrected chi connectivity index (χ3v) is 5.05. The number of hydrogen-bond donors (Lipinski definition) is 1. The average Bonchev–Trinajstić information content (AvgIpc) is 2.93. The molecule has 7 nitrogen and oxygen atoms in total. The molecule has 1 fully saturated rings. The van der Waals surface area contributed by atoms with E-state index in [0.717, 1.165) is 0 Å². The Hall–Kier alpha value is -1.61. The second-order valence-corrected chi connectivity index (χ2v) is 8.91. The first kappa shape index (κ1) is 20.1. The number of likely N-dealkylation sites (tertiary alicyclic amines) is 1. The SMILES string of the molecule is CC(C)(C)OC(=O)N1CCC(F)(CNc2cc(Cl)nc3c(Br)cnn23)CC1. The van der Waals surface area contributed by atoms with Gasteiger partial charge in [0, 0.05) is 32.0 Å². The molecule has 148 valence electrons. The van der Waals surface area contributed by atoms with Crippen molar-refractivity contribution >= 4 is 45.1 Å². The number of hydrogen-bond acceptors (Lipinski definition) is 5. The number of rotatable bonds is 3. The van der Waals surface area contributed by atoms with Crippen LogP contribution in [0.2, 0.25) is 5.15 Å². The zero-order chi connectivity index (χ0) is 19.8. The number of carbonyl (C=O) groups is 1. The summed E-state index contributed by atoms with van der Waals surface area (Å²) in [5.74, 6) is 0.558. The molecule has 3 heterocycles. The van der Waals surface area contributed by atoms with Crippen molar-refractivity contribution in [3.63, 3.8) is 0 Å². The van der Waals surface area contributed by atoms with E-state index in [1.54, 1.807) is 21.7 Å². The van der Waals surface area contributed by atoms with Crippen LogP contribution in [-0.4, -0.2) is 56.5 Å². The van der Waals surface area contributed by atoms with Gasteiger partial charge in [-0.1, -0.05) is 11.6 Å². The molecular formula is C17H22BrClFN5O2. The number of piperidine rings is 1. The van der Waals surface area contributed by atoms with Crippen LogP contribution in [0.5, 0.6) is 0 Å². The first-order valence-corrected chi connectivity index (χ1v) is 9.84. The van der Waals surface area contributed by atoms with Crippen LogP contribution in [0.3, 0.4) is 0 Å². The van der Waals surface area contributed by atoms with Crippen LogP contribution in [-0.2, 0) is 4.74 Å². The maximum Gasteiger partial charge on any atom is 0.410 e. The Morgan fingerprint density at radius 1 is 1.44 bits per heavy atom. The highest BCUT2D eigenvalue weighted by molar-refractivity contribution is 9.10. The number of aromatic nitrogens is 3. The summed E-state index contributed by atoms with van der Waals surface area (Å²) in [5, 5.41) is 7.58. The Kier molecular flexibility index (Phi) is 5.54. The van der Waals surface area contributed by atoms with Gasteiger partial charge in [-0.2, -0.15) is 9.61 Å². The quantitative estimate of drug-likeness (QED) is 0.689. The Bertz CT molecular complexity index is 846. The molecule has 0 atom stereocenters. The number of anilines is 1. The number of nitrogens with one attached hydrogen (secondary N) is 1. The molecule has 27 heavy (non-hydrogen) atoms. The first-order valence-electron chi connectivity index (χ1n) is 8.67. The lowest BCUT2D eigenvalue weighted by molar-refractivity contribution is 0.00574. The smallest absolute Gasteiger partial charge is 0.410 e. The van der Waals surface area contributed by atoms with Crippen molar-refractivity contribution in [1.82, 2.24) is 19.5 Å². The molecular weight excluding hydrogens is 441 g/mol. The average molecular weight is 463 g/mol. The topological polar surface area (TPSA) is 71.8 Å². The molecule has 0 saturated carbocycles. The molecule has 0 spiro atoms. The highest BCUT2D eigenvalue weighted by Crippen LogP contribution is 2.29. The number of nitrogens with zero attached hydrogens (tertiary/aromatic N) is 4. The van der Waals surface area contributed by atoms with Gasteiger partial charge in [0.1, 0.15) is 22.2 Å². The van der Waals surface area contributed by atoms with Gasteiger partial charge in [-0.15, -0.1) is 0 Å². The molecule has 2 aromatic heterocycles.